The highest BCUT2D eigenvalue weighted by Crippen LogP contribution is 2.39. The molecule has 2 aromatic rings. The Morgan fingerprint density at radius 2 is 1.96 bits per heavy atom. The van der Waals surface area contributed by atoms with Gasteiger partial charge in [0.1, 0.15) is 0 Å². The number of rotatable bonds is 5. The standard InChI is InChI=1S/C17H20N4O2/c1-3-9-13-12-10(15(14(9)18)20-8-7-19-2)5-4-6-11(12)16(22)21-17(13)23/h4-6,19-20H,3,7-8,18H2,1-2H3,(H,21,22,23). The quantitative estimate of drug-likeness (QED) is 0.381. The van der Waals surface area contributed by atoms with E-state index in [2.05, 4.69) is 16.0 Å². The second-order valence-corrected chi connectivity index (χ2v) is 5.54. The van der Waals surface area contributed by atoms with Gasteiger partial charge in [0, 0.05) is 29.4 Å². The summed E-state index contributed by atoms with van der Waals surface area (Å²) < 4.78 is 0. The van der Waals surface area contributed by atoms with Crippen molar-refractivity contribution in [2.24, 2.45) is 0 Å². The summed E-state index contributed by atoms with van der Waals surface area (Å²) in [6.45, 7) is 3.43. The van der Waals surface area contributed by atoms with E-state index in [4.69, 9.17) is 5.73 Å². The van der Waals surface area contributed by atoms with Crippen molar-refractivity contribution >= 4 is 34.0 Å². The first kappa shape index (κ1) is 15.3. The summed E-state index contributed by atoms with van der Waals surface area (Å²) in [5, 5.41) is 10.3. The Labute approximate surface area is 134 Å². The zero-order valence-electron chi connectivity index (χ0n) is 13.2. The molecule has 3 rings (SSSR count). The Balaban J connectivity index is 2.34. The molecule has 0 radical (unpaired) electrons. The van der Waals surface area contributed by atoms with E-state index in [-0.39, 0.29) is 11.8 Å². The number of carbonyl (C=O) groups excluding carboxylic acids is 2. The molecule has 0 bridgehead atoms. The van der Waals surface area contributed by atoms with Crippen LogP contribution >= 0.6 is 0 Å². The van der Waals surface area contributed by atoms with Gasteiger partial charge >= 0.3 is 0 Å². The maximum absolute atomic E-state index is 12.4. The average molecular weight is 312 g/mol. The molecular formula is C17H20N4O2. The van der Waals surface area contributed by atoms with Gasteiger partial charge in [-0.05, 0) is 25.1 Å². The fourth-order valence-corrected chi connectivity index (χ4v) is 3.15. The summed E-state index contributed by atoms with van der Waals surface area (Å²) in [6.07, 6.45) is 0.619. The Kier molecular flexibility index (Phi) is 3.92. The van der Waals surface area contributed by atoms with Crippen molar-refractivity contribution < 1.29 is 9.59 Å². The number of benzene rings is 2. The zero-order chi connectivity index (χ0) is 16.6. The van der Waals surface area contributed by atoms with Crippen molar-refractivity contribution in [3.05, 3.63) is 34.9 Å². The van der Waals surface area contributed by atoms with Crippen molar-refractivity contribution in [3.8, 4) is 0 Å². The molecule has 1 aliphatic heterocycles. The molecule has 1 heterocycles. The molecule has 6 nitrogen and oxygen atoms in total. The van der Waals surface area contributed by atoms with E-state index < -0.39 is 0 Å². The fraction of sp³-hybridized carbons (Fsp3) is 0.294. The first-order chi connectivity index (χ1) is 11.1. The first-order valence-corrected chi connectivity index (χ1v) is 7.71. The molecule has 0 unspecified atom stereocenters. The van der Waals surface area contributed by atoms with E-state index in [9.17, 15) is 9.59 Å². The number of likely N-dealkylation sites (N-methyl/N-ethyl adjacent to an activating group) is 1. The van der Waals surface area contributed by atoms with Crippen molar-refractivity contribution in [2.45, 2.75) is 13.3 Å². The second-order valence-electron chi connectivity index (χ2n) is 5.54. The van der Waals surface area contributed by atoms with Gasteiger partial charge in [-0.25, -0.2) is 0 Å². The van der Waals surface area contributed by atoms with Crippen LogP contribution in [0.15, 0.2) is 18.2 Å². The van der Waals surface area contributed by atoms with Crippen LogP contribution in [0.3, 0.4) is 0 Å². The van der Waals surface area contributed by atoms with Crippen LogP contribution in [0.1, 0.15) is 33.2 Å². The maximum atomic E-state index is 12.4. The maximum Gasteiger partial charge on any atom is 0.259 e. The third-order valence-corrected chi connectivity index (χ3v) is 4.21. The van der Waals surface area contributed by atoms with Crippen LogP contribution in [-0.4, -0.2) is 32.0 Å². The van der Waals surface area contributed by atoms with Gasteiger partial charge in [0.25, 0.3) is 11.8 Å². The number of nitrogens with one attached hydrogen (secondary N) is 3. The molecule has 0 aliphatic carbocycles. The smallest absolute Gasteiger partial charge is 0.259 e. The van der Waals surface area contributed by atoms with Crippen molar-refractivity contribution in [1.82, 2.24) is 10.6 Å². The monoisotopic (exact) mass is 312 g/mol. The molecule has 6 heteroatoms. The van der Waals surface area contributed by atoms with Crippen LogP contribution in [0.25, 0.3) is 10.8 Å². The van der Waals surface area contributed by atoms with E-state index in [0.29, 0.717) is 35.2 Å². The molecule has 0 fully saturated rings. The minimum atomic E-state index is -0.371. The number of nitrogen functional groups attached to an aromatic ring is 1. The number of hydrogen-bond donors (Lipinski definition) is 4. The summed E-state index contributed by atoms with van der Waals surface area (Å²) in [7, 11) is 1.88. The Hall–Kier alpha value is -2.60. The lowest BCUT2D eigenvalue weighted by molar-refractivity contribution is 0.0844. The van der Waals surface area contributed by atoms with Gasteiger partial charge in [-0.3, -0.25) is 14.9 Å². The Morgan fingerprint density at radius 3 is 2.65 bits per heavy atom. The number of imide groups is 1. The lowest BCUT2D eigenvalue weighted by Crippen LogP contribution is -2.36. The largest absolute Gasteiger partial charge is 0.397 e. The minimum absolute atomic E-state index is 0.360. The highest BCUT2D eigenvalue weighted by Gasteiger charge is 2.30. The third-order valence-electron chi connectivity index (χ3n) is 4.21. The van der Waals surface area contributed by atoms with Gasteiger partial charge in [-0.1, -0.05) is 19.1 Å². The lowest BCUT2D eigenvalue weighted by Gasteiger charge is -2.24. The number of amides is 2. The van der Waals surface area contributed by atoms with Gasteiger partial charge in [-0.15, -0.1) is 0 Å². The summed E-state index contributed by atoms with van der Waals surface area (Å²) >= 11 is 0. The highest BCUT2D eigenvalue weighted by molar-refractivity contribution is 6.28. The van der Waals surface area contributed by atoms with Crippen LogP contribution in [-0.2, 0) is 6.42 Å². The summed E-state index contributed by atoms with van der Waals surface area (Å²) in [4.78, 5) is 24.5. The summed E-state index contributed by atoms with van der Waals surface area (Å²) in [6, 6.07) is 5.44. The van der Waals surface area contributed by atoms with Gasteiger partial charge in [0.05, 0.1) is 16.9 Å². The molecule has 23 heavy (non-hydrogen) atoms. The molecule has 0 saturated carbocycles. The second kappa shape index (κ2) is 5.89. The molecule has 0 aromatic heterocycles. The number of anilines is 2. The van der Waals surface area contributed by atoms with Crippen LogP contribution in [0.4, 0.5) is 11.4 Å². The molecule has 120 valence electrons. The highest BCUT2D eigenvalue weighted by atomic mass is 16.2. The fourth-order valence-electron chi connectivity index (χ4n) is 3.15. The van der Waals surface area contributed by atoms with E-state index >= 15 is 0 Å². The van der Waals surface area contributed by atoms with Crippen molar-refractivity contribution in [2.75, 3.05) is 31.2 Å². The molecule has 1 aliphatic rings. The topological polar surface area (TPSA) is 96.2 Å². The lowest BCUT2D eigenvalue weighted by atomic mass is 9.88. The zero-order valence-corrected chi connectivity index (χ0v) is 13.2. The van der Waals surface area contributed by atoms with Crippen molar-refractivity contribution in [1.29, 1.82) is 0 Å². The number of hydrogen-bond acceptors (Lipinski definition) is 5. The normalized spacial score (nSPS) is 13.3. The van der Waals surface area contributed by atoms with Gasteiger partial charge in [0.2, 0.25) is 0 Å². The van der Waals surface area contributed by atoms with Gasteiger partial charge in [-0.2, -0.15) is 0 Å². The molecule has 0 spiro atoms. The summed E-state index contributed by atoms with van der Waals surface area (Å²) in [5.41, 5.74) is 9.53. The molecule has 0 saturated heterocycles. The Bertz CT molecular complexity index is 814. The van der Waals surface area contributed by atoms with Gasteiger partial charge in [0.15, 0.2) is 0 Å². The van der Waals surface area contributed by atoms with Crippen LogP contribution in [0.5, 0.6) is 0 Å². The van der Waals surface area contributed by atoms with Crippen molar-refractivity contribution in [3.63, 3.8) is 0 Å². The number of nitrogens with two attached hydrogens (primary N) is 1. The minimum Gasteiger partial charge on any atom is -0.397 e. The SMILES string of the molecule is CCc1c(N)c(NCCNC)c2cccc3c2c1C(=O)NC3=O. The van der Waals surface area contributed by atoms with E-state index in [0.717, 1.165) is 23.2 Å². The van der Waals surface area contributed by atoms with Crippen LogP contribution < -0.4 is 21.7 Å². The first-order valence-electron chi connectivity index (χ1n) is 7.71. The molecule has 2 aromatic carbocycles. The van der Waals surface area contributed by atoms with Gasteiger partial charge < -0.3 is 16.4 Å². The van der Waals surface area contributed by atoms with E-state index in [1.807, 2.05) is 26.1 Å². The summed E-state index contributed by atoms with van der Waals surface area (Å²) in [5.74, 6) is -0.731. The predicted octanol–water partition coefficient (Wildman–Crippen LogP) is 1.50. The van der Waals surface area contributed by atoms with E-state index in [1.54, 1.807) is 6.07 Å². The van der Waals surface area contributed by atoms with E-state index in [1.165, 1.54) is 0 Å². The molecule has 0 atom stereocenters. The molecular weight excluding hydrogens is 292 g/mol. The van der Waals surface area contributed by atoms with Crippen LogP contribution in [0, 0.1) is 0 Å². The predicted molar refractivity (Wildman–Crippen MR) is 92.0 cm³/mol. The Morgan fingerprint density at radius 1 is 1.17 bits per heavy atom. The third kappa shape index (κ3) is 2.31. The molecule has 2 amide bonds. The molecule has 5 N–H and O–H groups in total. The average Bonchev–Trinajstić information content (AvgIpc) is 2.54. The number of carbonyl (C=O) groups is 2. The van der Waals surface area contributed by atoms with Crippen LogP contribution in [0.2, 0.25) is 0 Å².